The first-order chi connectivity index (χ1) is 17.6. The zero-order valence-electron chi connectivity index (χ0n) is 20.4. The fourth-order valence-electron chi connectivity index (χ4n) is 4.70. The van der Waals surface area contributed by atoms with E-state index in [-0.39, 0.29) is 37.0 Å². The summed E-state index contributed by atoms with van der Waals surface area (Å²) in [5, 5.41) is 25.2. The van der Waals surface area contributed by atoms with Crippen molar-refractivity contribution in [2.45, 2.75) is 30.5 Å². The first-order valence-corrected chi connectivity index (χ1v) is 11.7. The number of alkyl halides is 3. The predicted octanol–water partition coefficient (Wildman–Crippen LogP) is 3.26. The minimum atomic E-state index is -4.45. The van der Waals surface area contributed by atoms with Crippen molar-refractivity contribution < 1.29 is 41.7 Å². The largest absolute Gasteiger partial charge is 0.416 e. The molecule has 0 spiro atoms. The number of carbonyl (C=O) groups excluding carboxylic acids is 1. The van der Waals surface area contributed by atoms with E-state index in [4.69, 9.17) is 4.74 Å². The maximum atomic E-state index is 13.8. The highest BCUT2D eigenvalue weighted by molar-refractivity contribution is 5.89. The molecule has 4 atom stereocenters. The monoisotopic (exact) mass is 602 g/mol. The number of hydrogen-bond acceptors (Lipinski definition) is 6. The van der Waals surface area contributed by atoms with Gasteiger partial charge in [-0.25, -0.2) is 13.6 Å². The maximum Gasteiger partial charge on any atom is 0.416 e. The van der Waals surface area contributed by atoms with Gasteiger partial charge in [-0.15, -0.1) is 24.8 Å². The zero-order chi connectivity index (χ0) is 26.7. The Morgan fingerprint density at radius 1 is 1.03 bits per heavy atom. The molecule has 8 nitrogen and oxygen atoms in total. The Labute approximate surface area is 233 Å². The smallest absolute Gasteiger partial charge is 0.394 e. The second kappa shape index (κ2) is 13.8. The number of urea groups is 1. The lowest BCUT2D eigenvalue weighted by Gasteiger charge is -2.41. The van der Waals surface area contributed by atoms with Gasteiger partial charge < -0.3 is 30.5 Å². The number of carbonyl (C=O) groups is 1. The van der Waals surface area contributed by atoms with Gasteiger partial charge in [0.1, 0.15) is 23.8 Å². The summed E-state index contributed by atoms with van der Waals surface area (Å²) in [7, 11) is 0. The van der Waals surface area contributed by atoms with E-state index < -0.39 is 60.4 Å². The second-order valence-corrected chi connectivity index (χ2v) is 8.91. The van der Waals surface area contributed by atoms with Gasteiger partial charge in [0.15, 0.2) is 0 Å². The van der Waals surface area contributed by atoms with E-state index in [0.29, 0.717) is 37.9 Å². The number of amides is 2. The van der Waals surface area contributed by atoms with Gasteiger partial charge >= 0.3 is 12.2 Å². The van der Waals surface area contributed by atoms with Crippen molar-refractivity contribution in [1.29, 1.82) is 0 Å². The second-order valence-electron chi connectivity index (χ2n) is 8.91. The number of ether oxygens (including phenoxy) is 1. The van der Waals surface area contributed by atoms with E-state index in [2.05, 4.69) is 10.6 Å². The summed E-state index contributed by atoms with van der Waals surface area (Å²) in [5.74, 6) is -1.73. The van der Waals surface area contributed by atoms with Gasteiger partial charge in [0.25, 0.3) is 0 Å². The number of benzene rings is 2. The van der Waals surface area contributed by atoms with Gasteiger partial charge in [-0.3, -0.25) is 4.90 Å². The SMILES string of the molecule is Cl.Cl.O=C(NC[C@H]1O[C@@H](CO)[C@@H](O)[C@H]1N1CCN(c2cccc(C(F)(F)F)c2)CC1)Nc1ccc(F)cc1F. The minimum Gasteiger partial charge on any atom is -0.394 e. The van der Waals surface area contributed by atoms with E-state index in [1.807, 2.05) is 9.80 Å². The Morgan fingerprint density at radius 2 is 1.72 bits per heavy atom. The molecule has 2 aromatic carbocycles. The first kappa shape index (κ1) is 32.8. The van der Waals surface area contributed by atoms with Crippen LogP contribution in [0.5, 0.6) is 0 Å². The number of piperazine rings is 1. The number of nitrogens with zero attached hydrogens (tertiary/aromatic N) is 2. The molecule has 0 bridgehead atoms. The zero-order valence-corrected chi connectivity index (χ0v) is 22.0. The van der Waals surface area contributed by atoms with Crippen molar-refractivity contribution in [3.8, 4) is 0 Å². The summed E-state index contributed by atoms with van der Waals surface area (Å²) >= 11 is 0. The number of rotatable bonds is 6. The predicted molar refractivity (Wildman–Crippen MR) is 139 cm³/mol. The summed E-state index contributed by atoms with van der Waals surface area (Å²) < 4.78 is 71.9. The summed E-state index contributed by atoms with van der Waals surface area (Å²) in [6.07, 6.45) is -7.14. The normalized spacial score (nSPS) is 23.5. The third-order valence-electron chi connectivity index (χ3n) is 6.56. The van der Waals surface area contributed by atoms with Gasteiger partial charge in [0.2, 0.25) is 0 Å². The molecule has 2 saturated heterocycles. The van der Waals surface area contributed by atoms with Crippen LogP contribution in [-0.2, 0) is 10.9 Å². The highest BCUT2D eigenvalue weighted by Gasteiger charge is 2.46. The molecular formula is C24H29Cl2F5N4O4. The summed E-state index contributed by atoms with van der Waals surface area (Å²) in [5.41, 5.74) is -0.515. The van der Waals surface area contributed by atoms with Crippen LogP contribution in [0.25, 0.3) is 0 Å². The number of halogens is 7. The molecule has 0 saturated carbocycles. The number of nitrogens with one attached hydrogen (secondary N) is 2. The molecule has 0 aromatic heterocycles. The highest BCUT2D eigenvalue weighted by Crippen LogP contribution is 2.32. The topological polar surface area (TPSA) is 97.3 Å². The van der Waals surface area contributed by atoms with Crippen LogP contribution in [0.2, 0.25) is 0 Å². The molecule has 2 heterocycles. The molecule has 2 aliphatic rings. The van der Waals surface area contributed by atoms with Crippen molar-refractivity contribution >= 4 is 42.2 Å². The molecule has 0 radical (unpaired) electrons. The van der Waals surface area contributed by atoms with Gasteiger partial charge in [-0.2, -0.15) is 13.2 Å². The van der Waals surface area contributed by atoms with Gasteiger partial charge in [0.05, 0.1) is 30.0 Å². The van der Waals surface area contributed by atoms with Crippen LogP contribution >= 0.6 is 24.8 Å². The van der Waals surface area contributed by atoms with Crippen LogP contribution in [0.4, 0.5) is 38.1 Å². The van der Waals surface area contributed by atoms with Crippen LogP contribution in [0.3, 0.4) is 0 Å². The molecule has 4 N–H and O–H groups in total. The van der Waals surface area contributed by atoms with Gasteiger partial charge in [0, 0.05) is 44.5 Å². The van der Waals surface area contributed by atoms with Crippen molar-refractivity contribution in [1.82, 2.24) is 10.2 Å². The molecule has 2 aliphatic heterocycles. The minimum absolute atomic E-state index is 0. The fraction of sp³-hybridized carbons (Fsp3) is 0.458. The number of aliphatic hydroxyl groups is 2. The van der Waals surface area contributed by atoms with E-state index >= 15 is 0 Å². The van der Waals surface area contributed by atoms with Crippen molar-refractivity contribution in [2.24, 2.45) is 0 Å². The van der Waals surface area contributed by atoms with Gasteiger partial charge in [-0.1, -0.05) is 6.07 Å². The van der Waals surface area contributed by atoms with E-state index in [1.54, 1.807) is 6.07 Å². The quantitative estimate of drug-likeness (QED) is 0.379. The van der Waals surface area contributed by atoms with Crippen LogP contribution in [-0.4, -0.2) is 84.8 Å². The number of anilines is 2. The highest BCUT2D eigenvalue weighted by atomic mass is 35.5. The van der Waals surface area contributed by atoms with Gasteiger partial charge in [-0.05, 0) is 30.3 Å². The van der Waals surface area contributed by atoms with Crippen molar-refractivity contribution in [3.63, 3.8) is 0 Å². The molecule has 4 rings (SSSR count). The molecular weight excluding hydrogens is 574 g/mol. The van der Waals surface area contributed by atoms with Crippen LogP contribution < -0.4 is 15.5 Å². The first-order valence-electron chi connectivity index (χ1n) is 11.7. The van der Waals surface area contributed by atoms with Crippen LogP contribution in [0, 0.1) is 11.6 Å². The molecule has 39 heavy (non-hydrogen) atoms. The van der Waals surface area contributed by atoms with Crippen molar-refractivity contribution in [3.05, 3.63) is 59.7 Å². The Kier molecular flexibility index (Phi) is 11.6. The Morgan fingerprint density at radius 3 is 2.33 bits per heavy atom. The lowest BCUT2D eigenvalue weighted by atomic mass is 10.0. The third kappa shape index (κ3) is 7.83. The Hall–Kier alpha value is -2.42. The van der Waals surface area contributed by atoms with Crippen molar-refractivity contribution in [2.75, 3.05) is 49.5 Å². The molecule has 2 aromatic rings. The number of aliphatic hydroxyl groups excluding tert-OH is 2. The Bertz CT molecular complexity index is 1110. The standard InChI is InChI=1S/C24H27F5N4O4.2ClH/c25-15-4-5-18(17(26)11-15)31-23(36)30-12-19-21(22(35)20(13-34)37-19)33-8-6-32(7-9-33)16-3-1-2-14(10-16)24(27,28)29;;/h1-5,10-11,19-22,34-35H,6-9,12-13H2,(H2,30,31,36);2*1H/t19-,20+,21+,22-;;/m1../s1. The molecule has 2 fully saturated rings. The Balaban J connectivity index is 0.00000267. The number of hydrogen-bond donors (Lipinski definition) is 4. The molecule has 0 aliphatic carbocycles. The van der Waals surface area contributed by atoms with Crippen LogP contribution in [0.1, 0.15) is 5.56 Å². The molecule has 218 valence electrons. The summed E-state index contributed by atoms with van der Waals surface area (Å²) in [4.78, 5) is 16.0. The van der Waals surface area contributed by atoms with E-state index in [0.717, 1.165) is 24.3 Å². The van der Waals surface area contributed by atoms with E-state index in [1.165, 1.54) is 6.07 Å². The lowest BCUT2D eigenvalue weighted by Crippen LogP contribution is -2.57. The third-order valence-corrected chi connectivity index (χ3v) is 6.56. The average molecular weight is 603 g/mol. The maximum absolute atomic E-state index is 13.8. The lowest BCUT2D eigenvalue weighted by molar-refractivity contribution is -0.137. The fourth-order valence-corrected chi connectivity index (χ4v) is 4.70. The summed E-state index contributed by atoms with van der Waals surface area (Å²) in [6.45, 7) is 1.02. The molecule has 0 unspecified atom stereocenters. The average Bonchev–Trinajstić information content (AvgIpc) is 3.19. The summed E-state index contributed by atoms with van der Waals surface area (Å²) in [6, 6.07) is 6.40. The molecule has 15 heteroatoms. The van der Waals surface area contributed by atoms with E-state index in [9.17, 15) is 37.0 Å². The van der Waals surface area contributed by atoms with Crippen LogP contribution in [0.15, 0.2) is 42.5 Å². The molecule has 2 amide bonds.